The fourth-order valence-corrected chi connectivity index (χ4v) is 0. The molecule has 0 aliphatic carbocycles. The van der Waals surface area contributed by atoms with E-state index in [1.807, 2.05) is 0 Å². The van der Waals surface area contributed by atoms with E-state index in [4.69, 9.17) is 3.25 Å². The van der Waals surface area contributed by atoms with E-state index in [1.165, 1.54) is 0 Å². The van der Waals surface area contributed by atoms with Crippen molar-refractivity contribution in [3.8, 4) is 0 Å². The largest absolute Gasteiger partial charge is 0 e. The maximum Gasteiger partial charge on any atom is 0 e. The molecule has 0 amide bonds. The summed E-state index contributed by atoms with van der Waals surface area (Å²) in [5.41, 5.74) is 0. The SMILES string of the molecule is [Ag].[O]=[Ag].[Sn]. The van der Waals surface area contributed by atoms with Gasteiger partial charge in [-0.3, -0.25) is 0 Å². The van der Waals surface area contributed by atoms with Crippen molar-refractivity contribution in [1.29, 1.82) is 0 Å². The van der Waals surface area contributed by atoms with Gasteiger partial charge in [0.1, 0.15) is 0 Å². The van der Waals surface area contributed by atoms with Crippen LogP contribution in [0.25, 0.3) is 0 Å². The summed E-state index contributed by atoms with van der Waals surface area (Å²) in [6, 6.07) is 0. The van der Waals surface area contributed by atoms with Crippen LogP contribution in [0.5, 0.6) is 0 Å². The van der Waals surface area contributed by atoms with Gasteiger partial charge in [0.2, 0.25) is 0 Å². The Morgan fingerprint density at radius 2 is 1.25 bits per heavy atom. The Hall–Kier alpha value is 2.08. The predicted molar refractivity (Wildman–Crippen MR) is 6.44 cm³/mol. The second-order valence-electron chi connectivity index (χ2n) is 0. The Morgan fingerprint density at radius 3 is 1.25 bits per heavy atom. The summed E-state index contributed by atoms with van der Waals surface area (Å²) >= 11 is 1.70. The van der Waals surface area contributed by atoms with Gasteiger partial charge in [-0.25, -0.2) is 0 Å². The first kappa shape index (κ1) is 16.5. The van der Waals surface area contributed by atoms with Crippen molar-refractivity contribution >= 4 is 23.9 Å². The van der Waals surface area contributed by atoms with E-state index in [9.17, 15) is 0 Å². The van der Waals surface area contributed by atoms with Crippen molar-refractivity contribution < 1.29 is 46.7 Å². The second-order valence-corrected chi connectivity index (χ2v) is 0. The monoisotopic (exact) mass is 350 g/mol. The minimum atomic E-state index is 0. The van der Waals surface area contributed by atoms with Crippen molar-refractivity contribution in [1.82, 2.24) is 0 Å². The quantitative estimate of drug-likeness (QED) is 0.538. The van der Waals surface area contributed by atoms with Crippen molar-refractivity contribution in [3.63, 3.8) is 0 Å². The molecule has 0 spiro atoms. The fourth-order valence-electron chi connectivity index (χ4n) is 0. The molecule has 0 atom stereocenters. The summed E-state index contributed by atoms with van der Waals surface area (Å²) in [5, 5.41) is 0. The number of rotatable bonds is 0. The minimum Gasteiger partial charge on any atom is 0 e. The molecule has 1 nitrogen and oxygen atoms in total. The van der Waals surface area contributed by atoms with Crippen LogP contribution in [0.4, 0.5) is 0 Å². The van der Waals surface area contributed by atoms with Crippen molar-refractivity contribution in [3.05, 3.63) is 0 Å². The summed E-state index contributed by atoms with van der Waals surface area (Å²) in [4.78, 5) is 0. The molecule has 5 radical (unpaired) electrons. The zero-order chi connectivity index (χ0) is 2.00. The van der Waals surface area contributed by atoms with Crippen LogP contribution < -0.4 is 0 Å². The molecule has 0 aliphatic heterocycles. The van der Waals surface area contributed by atoms with E-state index in [0.29, 0.717) is 0 Å². The first-order chi connectivity index (χ1) is 1.00. The molecule has 0 aliphatic rings. The maximum absolute atomic E-state index is 8.06. The van der Waals surface area contributed by atoms with E-state index >= 15 is 0 Å². The van der Waals surface area contributed by atoms with Crippen molar-refractivity contribution in [2.24, 2.45) is 0 Å². The first-order valence-electron chi connectivity index (χ1n) is 0.123. The molecule has 32 valence electrons. The molecule has 0 aromatic heterocycles. The normalized spacial score (nSPS) is 1.50. The average Bonchev–Trinajstić information content (AvgIpc) is 1.00. The van der Waals surface area contributed by atoms with Gasteiger partial charge in [-0.1, -0.05) is 0 Å². The van der Waals surface area contributed by atoms with E-state index in [0.717, 1.165) is 0 Å². The van der Waals surface area contributed by atoms with Gasteiger partial charge in [0.05, 0.1) is 0 Å². The third-order valence-corrected chi connectivity index (χ3v) is 0. The number of hydrogen-bond acceptors (Lipinski definition) is 1. The molecule has 0 rings (SSSR count). The van der Waals surface area contributed by atoms with Crippen LogP contribution >= 0.6 is 0 Å². The van der Waals surface area contributed by atoms with Crippen LogP contribution in [0, 0.1) is 0 Å². The van der Waals surface area contributed by atoms with Gasteiger partial charge in [0.25, 0.3) is 0 Å². The Kier molecular flexibility index (Phi) is 80.8. The standard InChI is InChI=1S/2Ag.O.Sn. The third-order valence-electron chi connectivity index (χ3n) is 0. The van der Waals surface area contributed by atoms with Gasteiger partial charge < -0.3 is 0 Å². The molecular formula is Ag2OSn. The van der Waals surface area contributed by atoms with Crippen molar-refractivity contribution in [2.45, 2.75) is 0 Å². The van der Waals surface area contributed by atoms with Crippen LogP contribution in [0.3, 0.4) is 0 Å². The summed E-state index contributed by atoms with van der Waals surface area (Å²) in [6.07, 6.45) is 0. The zero-order valence-electron chi connectivity index (χ0n) is 1.51. The fraction of sp³-hybridized carbons (Fsp3) is 0. The Balaban J connectivity index is -0.00000000500. The molecule has 0 saturated carbocycles. The molecule has 0 aromatic rings. The summed E-state index contributed by atoms with van der Waals surface area (Å²) in [6.45, 7) is 0. The van der Waals surface area contributed by atoms with Gasteiger partial charge in [-0.05, 0) is 0 Å². The van der Waals surface area contributed by atoms with E-state index in [-0.39, 0.29) is 46.3 Å². The van der Waals surface area contributed by atoms with Crippen LogP contribution in [0.15, 0.2) is 0 Å². The maximum atomic E-state index is 8.06. The molecule has 0 bridgehead atoms. The van der Waals surface area contributed by atoms with Gasteiger partial charge in [-0.2, -0.15) is 0 Å². The molecule has 0 heterocycles. The Bertz CT molecular complexity index is 6.00. The topological polar surface area (TPSA) is 17.1 Å². The van der Waals surface area contributed by atoms with Gasteiger partial charge >= 0.3 is 24.3 Å². The number of hydrogen-bond donors (Lipinski definition) is 0. The third kappa shape index (κ3) is 8.95. The molecule has 4 heavy (non-hydrogen) atoms. The predicted octanol–water partition coefficient (Wildman–Crippen LogP) is -0.505. The Morgan fingerprint density at radius 1 is 1.25 bits per heavy atom. The molecule has 0 N–H and O–H groups in total. The van der Waals surface area contributed by atoms with Gasteiger partial charge in [0.15, 0.2) is 0 Å². The first-order valence-corrected chi connectivity index (χ1v) is 0.728. The van der Waals surface area contributed by atoms with Gasteiger partial charge in [-0.15, -0.1) is 0 Å². The van der Waals surface area contributed by atoms with Crippen LogP contribution in [0.1, 0.15) is 0 Å². The zero-order valence-corrected chi connectivity index (χ0v) is 7.33. The Labute approximate surface area is 69.6 Å². The van der Waals surface area contributed by atoms with Crippen LogP contribution in [0.2, 0.25) is 0 Å². The molecule has 0 fully saturated rings. The van der Waals surface area contributed by atoms with Crippen molar-refractivity contribution in [2.75, 3.05) is 0 Å². The van der Waals surface area contributed by atoms with E-state index < -0.39 is 0 Å². The van der Waals surface area contributed by atoms with Gasteiger partial charge in [0, 0.05) is 46.3 Å². The summed E-state index contributed by atoms with van der Waals surface area (Å²) in [5.74, 6) is 0. The van der Waals surface area contributed by atoms with E-state index in [2.05, 4.69) is 0 Å². The minimum absolute atomic E-state index is 0. The molecule has 0 unspecified atom stereocenters. The molecule has 4 heteroatoms. The molecular weight excluding hydrogens is 350 g/mol. The van der Waals surface area contributed by atoms with Crippen LogP contribution in [-0.2, 0) is 46.7 Å². The van der Waals surface area contributed by atoms with Crippen LogP contribution in [-0.4, -0.2) is 23.9 Å². The molecule has 0 aromatic carbocycles. The summed E-state index contributed by atoms with van der Waals surface area (Å²) < 4.78 is 8.06. The second kappa shape index (κ2) is 19.6. The smallest absolute Gasteiger partial charge is 0 e. The molecule has 0 saturated heterocycles. The average molecular weight is 350 g/mol. The van der Waals surface area contributed by atoms with E-state index in [1.54, 1.807) is 21.0 Å². The summed E-state index contributed by atoms with van der Waals surface area (Å²) in [7, 11) is 0.